The van der Waals surface area contributed by atoms with E-state index in [4.69, 9.17) is 19.2 Å². The number of para-hydroxylation sites is 2. The van der Waals surface area contributed by atoms with Crippen LogP contribution >= 0.6 is 0 Å². The summed E-state index contributed by atoms with van der Waals surface area (Å²) in [6, 6.07) is 13.4. The Morgan fingerprint density at radius 1 is 1.03 bits per heavy atom. The summed E-state index contributed by atoms with van der Waals surface area (Å²) >= 11 is 0. The Balaban J connectivity index is 1.24. The van der Waals surface area contributed by atoms with Gasteiger partial charge in [0.15, 0.2) is 11.5 Å². The summed E-state index contributed by atoms with van der Waals surface area (Å²) in [7, 11) is 0. The molecule has 0 aliphatic carbocycles. The Hall–Kier alpha value is -3.10. The van der Waals surface area contributed by atoms with Crippen LogP contribution in [0.25, 0.3) is 11.0 Å². The van der Waals surface area contributed by atoms with Crippen molar-refractivity contribution in [2.45, 2.75) is 13.0 Å². The second-order valence-corrected chi connectivity index (χ2v) is 7.70. The number of rotatable bonds is 7. The largest absolute Gasteiger partial charge is 0.454 e. The summed E-state index contributed by atoms with van der Waals surface area (Å²) in [4.78, 5) is 19.8. The smallest absolute Gasteiger partial charge is 0.251 e. The van der Waals surface area contributed by atoms with Crippen LogP contribution in [-0.4, -0.2) is 66.5 Å². The fourth-order valence-electron chi connectivity index (χ4n) is 4.06. The number of benzene rings is 2. The Morgan fingerprint density at radius 2 is 1.87 bits per heavy atom. The number of fused-ring (bicyclic) bond motifs is 2. The van der Waals surface area contributed by atoms with Gasteiger partial charge in [-0.15, -0.1) is 0 Å². The predicted molar refractivity (Wildman–Crippen MR) is 116 cm³/mol. The molecular formula is C23H26N4O4. The molecule has 2 aliphatic rings. The second-order valence-electron chi connectivity index (χ2n) is 7.70. The number of aromatic nitrogens is 2. The molecule has 3 heterocycles. The van der Waals surface area contributed by atoms with Gasteiger partial charge in [0.25, 0.3) is 5.91 Å². The molecule has 1 fully saturated rings. The summed E-state index contributed by atoms with van der Waals surface area (Å²) < 4.78 is 18.4. The third kappa shape index (κ3) is 4.35. The Bertz CT molecular complexity index is 1070. The molecule has 0 spiro atoms. The number of ether oxygens (including phenoxy) is 3. The molecule has 8 heteroatoms. The third-order valence-electron chi connectivity index (χ3n) is 5.75. The normalized spacial score (nSPS) is 16.0. The molecule has 1 saturated heterocycles. The van der Waals surface area contributed by atoms with Crippen LogP contribution in [0, 0.1) is 0 Å². The molecular weight excluding hydrogens is 396 g/mol. The first kappa shape index (κ1) is 19.8. The lowest BCUT2D eigenvalue weighted by molar-refractivity contribution is 0.0364. The molecule has 1 amide bonds. The van der Waals surface area contributed by atoms with Crippen LogP contribution in [0.4, 0.5) is 0 Å². The Labute approximate surface area is 180 Å². The average Bonchev–Trinajstić information content (AvgIpc) is 3.42. The first-order valence-electron chi connectivity index (χ1n) is 10.7. The highest BCUT2D eigenvalue weighted by Crippen LogP contribution is 2.32. The van der Waals surface area contributed by atoms with Crippen molar-refractivity contribution < 1.29 is 19.0 Å². The standard InChI is InChI=1S/C23H26N4O4/c28-23(17-5-6-20-21(15-17)31-16-30-20)24-8-7-22-25-18-3-1-2-4-19(18)27(22)10-9-26-11-13-29-14-12-26/h1-6,15H,7-14,16H2,(H,24,28). The van der Waals surface area contributed by atoms with Crippen molar-refractivity contribution in [3.63, 3.8) is 0 Å². The SMILES string of the molecule is O=C(NCCc1nc2ccccc2n1CCN1CCOCC1)c1ccc2c(c1)OCO2. The first-order valence-corrected chi connectivity index (χ1v) is 10.7. The summed E-state index contributed by atoms with van der Waals surface area (Å²) in [6.45, 7) is 6.05. The van der Waals surface area contributed by atoms with Crippen LogP contribution in [0.2, 0.25) is 0 Å². The molecule has 0 unspecified atom stereocenters. The molecule has 31 heavy (non-hydrogen) atoms. The van der Waals surface area contributed by atoms with Crippen molar-refractivity contribution in [1.82, 2.24) is 19.8 Å². The van der Waals surface area contributed by atoms with Crippen LogP contribution in [0.15, 0.2) is 42.5 Å². The first-order chi connectivity index (χ1) is 15.3. The number of hydrogen-bond donors (Lipinski definition) is 1. The van der Waals surface area contributed by atoms with E-state index in [1.54, 1.807) is 18.2 Å². The van der Waals surface area contributed by atoms with E-state index in [2.05, 4.69) is 20.9 Å². The maximum Gasteiger partial charge on any atom is 0.251 e. The molecule has 0 radical (unpaired) electrons. The van der Waals surface area contributed by atoms with E-state index in [1.165, 1.54) is 0 Å². The van der Waals surface area contributed by atoms with Gasteiger partial charge in [-0.25, -0.2) is 4.98 Å². The fourth-order valence-corrected chi connectivity index (χ4v) is 4.06. The summed E-state index contributed by atoms with van der Waals surface area (Å²) in [6.07, 6.45) is 0.661. The van der Waals surface area contributed by atoms with E-state index in [9.17, 15) is 4.79 Å². The Kier molecular flexibility index (Phi) is 5.73. The number of morpholine rings is 1. The number of hydrogen-bond acceptors (Lipinski definition) is 6. The van der Waals surface area contributed by atoms with Gasteiger partial charge in [-0.2, -0.15) is 0 Å². The van der Waals surface area contributed by atoms with Gasteiger partial charge >= 0.3 is 0 Å². The topological polar surface area (TPSA) is 77.9 Å². The fraction of sp³-hybridized carbons (Fsp3) is 0.391. The summed E-state index contributed by atoms with van der Waals surface area (Å²) in [5, 5.41) is 3.00. The Morgan fingerprint density at radius 3 is 2.77 bits per heavy atom. The van der Waals surface area contributed by atoms with Gasteiger partial charge in [-0.3, -0.25) is 9.69 Å². The van der Waals surface area contributed by atoms with Crippen LogP contribution in [-0.2, 0) is 17.7 Å². The summed E-state index contributed by atoms with van der Waals surface area (Å²) in [5.41, 5.74) is 2.68. The lowest BCUT2D eigenvalue weighted by Gasteiger charge is -2.27. The van der Waals surface area contributed by atoms with E-state index in [1.807, 2.05) is 18.2 Å². The number of carbonyl (C=O) groups is 1. The third-order valence-corrected chi connectivity index (χ3v) is 5.75. The number of imidazole rings is 1. The number of nitrogens with zero attached hydrogens (tertiary/aromatic N) is 3. The van der Waals surface area contributed by atoms with Gasteiger partial charge in [0.1, 0.15) is 5.82 Å². The molecule has 0 atom stereocenters. The number of carbonyl (C=O) groups excluding carboxylic acids is 1. The van der Waals surface area contributed by atoms with Gasteiger partial charge in [-0.05, 0) is 30.3 Å². The van der Waals surface area contributed by atoms with Crippen molar-refractivity contribution in [1.29, 1.82) is 0 Å². The van der Waals surface area contributed by atoms with Crippen molar-refractivity contribution in [2.75, 3.05) is 46.2 Å². The van der Waals surface area contributed by atoms with E-state index >= 15 is 0 Å². The van der Waals surface area contributed by atoms with Gasteiger partial charge in [0, 0.05) is 44.7 Å². The maximum atomic E-state index is 12.6. The molecule has 3 aromatic rings. The summed E-state index contributed by atoms with van der Waals surface area (Å²) in [5.74, 6) is 2.14. The minimum absolute atomic E-state index is 0.130. The zero-order valence-corrected chi connectivity index (χ0v) is 17.4. The van der Waals surface area contributed by atoms with Gasteiger partial charge < -0.3 is 24.1 Å². The monoisotopic (exact) mass is 422 g/mol. The minimum atomic E-state index is -0.130. The van der Waals surface area contributed by atoms with E-state index in [-0.39, 0.29) is 12.7 Å². The van der Waals surface area contributed by atoms with Crippen molar-refractivity contribution in [3.8, 4) is 11.5 Å². The molecule has 2 aliphatic heterocycles. The van der Waals surface area contributed by atoms with Crippen LogP contribution in [0.3, 0.4) is 0 Å². The second kappa shape index (κ2) is 8.95. The molecule has 1 aromatic heterocycles. The van der Waals surface area contributed by atoms with E-state index in [0.717, 1.165) is 56.3 Å². The zero-order chi connectivity index (χ0) is 21.0. The maximum absolute atomic E-state index is 12.6. The molecule has 1 N–H and O–H groups in total. The predicted octanol–water partition coefficient (Wildman–Crippen LogP) is 2.07. The highest BCUT2D eigenvalue weighted by Gasteiger charge is 2.17. The molecule has 0 saturated carbocycles. The molecule has 5 rings (SSSR count). The number of nitrogens with one attached hydrogen (secondary N) is 1. The van der Waals surface area contributed by atoms with Crippen LogP contribution in [0.1, 0.15) is 16.2 Å². The molecule has 2 aromatic carbocycles. The lowest BCUT2D eigenvalue weighted by Crippen LogP contribution is -2.38. The highest BCUT2D eigenvalue weighted by atomic mass is 16.7. The van der Waals surface area contributed by atoms with Crippen molar-refractivity contribution >= 4 is 16.9 Å². The van der Waals surface area contributed by atoms with Gasteiger partial charge in [-0.1, -0.05) is 12.1 Å². The van der Waals surface area contributed by atoms with Crippen LogP contribution < -0.4 is 14.8 Å². The average molecular weight is 422 g/mol. The molecule has 8 nitrogen and oxygen atoms in total. The van der Waals surface area contributed by atoms with Crippen molar-refractivity contribution in [2.24, 2.45) is 0 Å². The molecule has 0 bridgehead atoms. The quantitative estimate of drug-likeness (QED) is 0.628. The van der Waals surface area contributed by atoms with E-state index < -0.39 is 0 Å². The van der Waals surface area contributed by atoms with Crippen LogP contribution in [0.5, 0.6) is 11.5 Å². The van der Waals surface area contributed by atoms with Gasteiger partial charge in [0.2, 0.25) is 6.79 Å². The van der Waals surface area contributed by atoms with Crippen molar-refractivity contribution in [3.05, 3.63) is 53.9 Å². The van der Waals surface area contributed by atoms with E-state index in [0.29, 0.717) is 30.0 Å². The number of amides is 1. The molecule has 162 valence electrons. The minimum Gasteiger partial charge on any atom is -0.454 e. The van der Waals surface area contributed by atoms with Gasteiger partial charge in [0.05, 0.1) is 24.2 Å². The highest BCUT2D eigenvalue weighted by molar-refractivity contribution is 5.94. The zero-order valence-electron chi connectivity index (χ0n) is 17.4. The lowest BCUT2D eigenvalue weighted by atomic mass is 10.2.